The Morgan fingerprint density at radius 2 is 0.686 bits per heavy atom. The molecule has 170 valence electrons. The Bertz CT molecular complexity index is 1070. The van der Waals surface area contributed by atoms with Crippen LogP contribution in [0.1, 0.15) is 28.7 Å². The molecule has 0 saturated carbocycles. The summed E-state index contributed by atoms with van der Waals surface area (Å²) in [6.45, 7) is 0. The highest BCUT2D eigenvalue weighted by atomic mass is 14.5. The maximum absolute atomic E-state index is 6.60. The van der Waals surface area contributed by atoms with Crippen LogP contribution in [0, 0.1) is 0 Å². The zero-order valence-corrected chi connectivity index (χ0v) is 20.0. The molecular formula is C31H30B2N2. The fourth-order valence-corrected chi connectivity index (χ4v) is 4.26. The molecule has 0 amide bonds. The number of hydrogen-bond donors (Lipinski definition) is 2. The summed E-state index contributed by atoms with van der Waals surface area (Å²) in [5.41, 5.74) is 21.5. The van der Waals surface area contributed by atoms with Crippen LogP contribution < -0.4 is 11.5 Å². The predicted octanol–water partition coefficient (Wildman–Crippen LogP) is 6.37. The average molecular weight is 452 g/mol. The molecule has 4 rings (SSSR count). The molecule has 35 heavy (non-hydrogen) atoms. The van der Waals surface area contributed by atoms with Crippen molar-refractivity contribution in [1.82, 2.24) is 0 Å². The van der Waals surface area contributed by atoms with Gasteiger partial charge in [0, 0.05) is 0 Å². The first-order valence-corrected chi connectivity index (χ1v) is 12.1. The first-order valence-electron chi connectivity index (χ1n) is 12.1. The van der Waals surface area contributed by atoms with Gasteiger partial charge in [0.1, 0.15) is 0 Å². The molecule has 0 aromatic heterocycles. The summed E-state index contributed by atoms with van der Waals surface area (Å²) >= 11 is 0. The van der Waals surface area contributed by atoms with Gasteiger partial charge in [-0.2, -0.15) is 0 Å². The Morgan fingerprint density at radius 1 is 0.429 bits per heavy atom. The fraction of sp³-hybridized carbons (Fsp3) is 0.0968. The molecule has 0 aliphatic carbocycles. The van der Waals surface area contributed by atoms with Crippen LogP contribution in [0.3, 0.4) is 0 Å². The van der Waals surface area contributed by atoms with Crippen LogP contribution in [-0.2, 0) is 0 Å². The monoisotopic (exact) mass is 452 g/mol. The molecule has 4 heteroatoms. The van der Waals surface area contributed by atoms with Gasteiger partial charge in [0.05, 0.1) is 0 Å². The molecular weight excluding hydrogens is 422 g/mol. The van der Waals surface area contributed by atoms with E-state index in [1.54, 1.807) is 0 Å². The van der Waals surface area contributed by atoms with E-state index in [4.69, 9.17) is 11.5 Å². The molecule has 4 aromatic carbocycles. The van der Waals surface area contributed by atoms with Crippen molar-refractivity contribution in [1.29, 1.82) is 0 Å². The summed E-state index contributed by atoms with van der Waals surface area (Å²) in [4.78, 5) is 0. The maximum atomic E-state index is 6.60. The molecule has 0 heterocycles. The molecule has 0 aliphatic rings. The van der Waals surface area contributed by atoms with Gasteiger partial charge in [0.15, 0.2) is 14.6 Å². The lowest BCUT2D eigenvalue weighted by Gasteiger charge is -2.14. The first kappa shape index (κ1) is 24.2. The van der Waals surface area contributed by atoms with Crippen LogP contribution in [-0.4, -0.2) is 14.6 Å². The molecule has 0 spiro atoms. The number of hydrogen-bond acceptors (Lipinski definition) is 2. The average Bonchev–Trinajstić information content (AvgIpc) is 2.91. The Kier molecular flexibility index (Phi) is 8.67. The maximum Gasteiger partial charge on any atom is 0.174 e. The van der Waals surface area contributed by atoms with Crippen LogP contribution in [0.25, 0.3) is 11.1 Å². The van der Waals surface area contributed by atoms with Gasteiger partial charge in [-0.25, -0.2) is 0 Å². The van der Waals surface area contributed by atoms with Crippen LogP contribution in [0.2, 0.25) is 12.6 Å². The summed E-state index contributed by atoms with van der Waals surface area (Å²) in [6, 6.07) is 41.4. The molecule has 0 aliphatic heterocycles. The third kappa shape index (κ3) is 6.58. The lowest BCUT2D eigenvalue weighted by atomic mass is 9.61. The first-order chi connectivity index (χ1) is 17.2. The summed E-state index contributed by atoms with van der Waals surface area (Å²) in [5.74, 6) is 0. The van der Waals surface area contributed by atoms with Gasteiger partial charge in [-0.05, 0) is 44.6 Å². The van der Waals surface area contributed by atoms with Gasteiger partial charge in [-0.15, -0.1) is 0 Å². The van der Waals surface area contributed by atoms with E-state index in [1.165, 1.54) is 0 Å². The van der Waals surface area contributed by atoms with E-state index in [0.717, 1.165) is 63.7 Å². The highest BCUT2D eigenvalue weighted by molar-refractivity contribution is 6.49. The van der Waals surface area contributed by atoms with Gasteiger partial charge < -0.3 is 11.5 Å². The number of benzene rings is 4. The van der Waals surface area contributed by atoms with Gasteiger partial charge in [0.2, 0.25) is 0 Å². The zero-order chi connectivity index (χ0) is 24.3. The lowest BCUT2D eigenvalue weighted by Crippen LogP contribution is -2.13. The van der Waals surface area contributed by atoms with Crippen molar-refractivity contribution in [2.24, 2.45) is 11.5 Å². The second-order valence-electron chi connectivity index (χ2n) is 8.46. The van der Waals surface area contributed by atoms with E-state index in [1.807, 2.05) is 72.8 Å². The largest absolute Gasteiger partial charge is 0.410 e. The Morgan fingerprint density at radius 3 is 0.943 bits per heavy atom. The van der Waals surface area contributed by atoms with Crippen LogP contribution >= 0.6 is 0 Å². The minimum atomic E-state index is 0.806. The predicted molar refractivity (Wildman–Crippen MR) is 152 cm³/mol. The third-order valence-corrected chi connectivity index (χ3v) is 5.96. The van der Waals surface area contributed by atoms with Crippen LogP contribution in [0.4, 0.5) is 0 Å². The number of rotatable bonds is 10. The van der Waals surface area contributed by atoms with E-state index >= 15 is 0 Å². The van der Waals surface area contributed by atoms with E-state index in [-0.39, 0.29) is 0 Å². The second kappa shape index (κ2) is 12.5. The summed E-state index contributed by atoms with van der Waals surface area (Å²) in [7, 11) is 4.27. The SMILES string of the molecule is NC([B]CCC[B]C(N)=C(c1ccccc1)c1ccccc1)=C(c1ccccc1)c1ccccc1. The highest BCUT2D eigenvalue weighted by Gasteiger charge is 2.12. The third-order valence-electron chi connectivity index (χ3n) is 5.96. The van der Waals surface area contributed by atoms with Crippen molar-refractivity contribution in [2.75, 3.05) is 0 Å². The molecule has 4 aromatic rings. The fourth-order valence-electron chi connectivity index (χ4n) is 4.26. The summed E-state index contributed by atoms with van der Waals surface area (Å²) < 4.78 is 0. The Hall–Kier alpha value is -3.91. The van der Waals surface area contributed by atoms with Gasteiger partial charge >= 0.3 is 0 Å². The molecule has 2 nitrogen and oxygen atoms in total. The molecule has 2 radical (unpaired) electrons. The minimum Gasteiger partial charge on any atom is -0.410 e. The van der Waals surface area contributed by atoms with Crippen molar-refractivity contribution in [3.63, 3.8) is 0 Å². The lowest BCUT2D eigenvalue weighted by molar-refractivity contribution is 1.06. The van der Waals surface area contributed by atoms with Crippen LogP contribution in [0.15, 0.2) is 133 Å². The van der Waals surface area contributed by atoms with Gasteiger partial charge in [-0.1, -0.05) is 140 Å². The smallest absolute Gasteiger partial charge is 0.174 e. The molecule has 4 N–H and O–H groups in total. The topological polar surface area (TPSA) is 52.0 Å². The van der Waals surface area contributed by atoms with Crippen molar-refractivity contribution < 1.29 is 0 Å². The van der Waals surface area contributed by atoms with E-state index < -0.39 is 0 Å². The number of nitrogens with two attached hydrogens (primary N) is 2. The molecule has 0 unspecified atom stereocenters. The summed E-state index contributed by atoms with van der Waals surface area (Å²) in [6.07, 6.45) is 2.73. The van der Waals surface area contributed by atoms with Gasteiger partial charge in [0.25, 0.3) is 0 Å². The normalized spacial score (nSPS) is 10.3. The summed E-state index contributed by atoms with van der Waals surface area (Å²) in [5, 5.41) is 0. The Labute approximate surface area is 210 Å². The standard InChI is InChI=1S/C31H30B2N2/c34-30(28(24-14-5-1-6-15-24)25-16-7-2-8-17-25)32-22-13-23-33-31(35)29(26-18-9-3-10-19-26)27-20-11-4-12-21-27/h1-12,14-21H,13,22-23,34-35H2. The van der Waals surface area contributed by atoms with Crippen LogP contribution in [0.5, 0.6) is 0 Å². The van der Waals surface area contributed by atoms with E-state index in [0.29, 0.717) is 0 Å². The highest BCUT2D eigenvalue weighted by Crippen LogP contribution is 2.26. The molecule has 0 bridgehead atoms. The van der Waals surface area contributed by atoms with Crippen molar-refractivity contribution in [2.45, 2.75) is 19.1 Å². The van der Waals surface area contributed by atoms with E-state index in [9.17, 15) is 0 Å². The zero-order valence-electron chi connectivity index (χ0n) is 20.0. The van der Waals surface area contributed by atoms with E-state index in [2.05, 4.69) is 63.1 Å². The molecule has 0 saturated heterocycles. The second-order valence-corrected chi connectivity index (χ2v) is 8.46. The van der Waals surface area contributed by atoms with Crippen molar-refractivity contribution >= 4 is 25.7 Å². The van der Waals surface area contributed by atoms with Crippen molar-refractivity contribution in [3.05, 3.63) is 155 Å². The van der Waals surface area contributed by atoms with Gasteiger partial charge in [-0.3, -0.25) is 0 Å². The Balaban J connectivity index is 1.44. The quantitative estimate of drug-likeness (QED) is 0.217. The molecule has 0 fully saturated rings. The van der Waals surface area contributed by atoms with Crippen molar-refractivity contribution in [3.8, 4) is 0 Å². The molecule has 0 atom stereocenters. The minimum absolute atomic E-state index is 0.806.